The van der Waals surface area contributed by atoms with Gasteiger partial charge in [0.15, 0.2) is 0 Å². The molecule has 1 aliphatic heterocycles. The number of likely N-dealkylation sites (N-methyl/N-ethyl adjacent to an activating group) is 1. The largest absolute Gasteiger partial charge is 0.497 e. The molecular weight excluding hydrogens is 264 g/mol. The van der Waals surface area contributed by atoms with Crippen molar-refractivity contribution in [2.24, 2.45) is 0 Å². The van der Waals surface area contributed by atoms with Gasteiger partial charge in [0.1, 0.15) is 5.75 Å². The number of nitrogens with zero attached hydrogens (tertiary/aromatic N) is 1. The van der Waals surface area contributed by atoms with Crippen LogP contribution in [0.3, 0.4) is 0 Å². The summed E-state index contributed by atoms with van der Waals surface area (Å²) in [4.78, 5) is 14.5. The normalized spacial score (nSPS) is 18.3. The van der Waals surface area contributed by atoms with Crippen LogP contribution in [0.15, 0.2) is 24.3 Å². The SMILES string of the molecule is CCN(C(=O)CCc1ccc(OC)cc1)C1CCCNC1. The summed E-state index contributed by atoms with van der Waals surface area (Å²) < 4.78 is 5.15. The van der Waals surface area contributed by atoms with Crippen LogP contribution in [0.25, 0.3) is 0 Å². The molecule has 1 aromatic rings. The van der Waals surface area contributed by atoms with E-state index in [1.165, 1.54) is 5.56 Å². The van der Waals surface area contributed by atoms with Gasteiger partial charge >= 0.3 is 0 Å². The number of piperidine rings is 1. The standard InChI is InChI=1S/C17H26N2O2/c1-3-19(15-5-4-12-18-13-15)17(20)11-8-14-6-9-16(21-2)10-7-14/h6-7,9-10,15,18H,3-5,8,11-13H2,1-2H3. The van der Waals surface area contributed by atoms with Crippen LogP contribution in [0.4, 0.5) is 0 Å². The van der Waals surface area contributed by atoms with Crippen molar-refractivity contribution in [3.63, 3.8) is 0 Å². The van der Waals surface area contributed by atoms with Crippen molar-refractivity contribution in [1.82, 2.24) is 10.2 Å². The predicted octanol–water partition coefficient (Wildman–Crippen LogP) is 2.23. The fourth-order valence-electron chi connectivity index (χ4n) is 2.92. The highest BCUT2D eigenvalue weighted by molar-refractivity contribution is 5.76. The molecule has 0 bridgehead atoms. The van der Waals surface area contributed by atoms with Crippen LogP contribution < -0.4 is 10.1 Å². The Morgan fingerprint density at radius 2 is 2.14 bits per heavy atom. The molecule has 0 aliphatic carbocycles. The molecule has 1 saturated heterocycles. The van der Waals surface area contributed by atoms with Crippen LogP contribution in [0.1, 0.15) is 31.7 Å². The highest BCUT2D eigenvalue weighted by Crippen LogP contribution is 2.15. The first-order valence-corrected chi connectivity index (χ1v) is 7.87. The lowest BCUT2D eigenvalue weighted by atomic mass is 10.0. The molecule has 0 aromatic heterocycles. The number of methoxy groups -OCH3 is 1. The molecule has 116 valence electrons. The third-order valence-electron chi connectivity index (χ3n) is 4.16. The minimum absolute atomic E-state index is 0.266. The summed E-state index contributed by atoms with van der Waals surface area (Å²) in [5, 5.41) is 3.38. The Labute approximate surface area is 127 Å². The molecule has 0 saturated carbocycles. The number of aryl methyl sites for hydroxylation is 1. The van der Waals surface area contributed by atoms with Crippen LogP contribution in [-0.4, -0.2) is 43.6 Å². The van der Waals surface area contributed by atoms with Gasteiger partial charge in [-0.3, -0.25) is 4.79 Å². The van der Waals surface area contributed by atoms with Crippen molar-refractivity contribution in [3.8, 4) is 5.75 Å². The summed E-state index contributed by atoms with van der Waals surface area (Å²) in [7, 11) is 1.66. The molecule has 2 rings (SSSR count). The highest BCUT2D eigenvalue weighted by Gasteiger charge is 2.23. The maximum Gasteiger partial charge on any atom is 0.223 e. The van der Waals surface area contributed by atoms with Crippen molar-refractivity contribution in [2.45, 2.75) is 38.6 Å². The zero-order valence-corrected chi connectivity index (χ0v) is 13.1. The van der Waals surface area contributed by atoms with E-state index in [0.717, 1.165) is 44.6 Å². The molecule has 4 heteroatoms. The van der Waals surface area contributed by atoms with Gasteiger partial charge in [0.05, 0.1) is 7.11 Å². The Morgan fingerprint density at radius 3 is 2.71 bits per heavy atom. The second-order valence-electron chi connectivity index (χ2n) is 5.53. The summed E-state index contributed by atoms with van der Waals surface area (Å²) in [6.45, 7) is 4.88. The van der Waals surface area contributed by atoms with Crippen molar-refractivity contribution in [3.05, 3.63) is 29.8 Å². The number of carbonyl (C=O) groups is 1. The molecule has 1 aliphatic rings. The summed E-state index contributed by atoms with van der Waals surface area (Å²) in [6, 6.07) is 8.33. The lowest BCUT2D eigenvalue weighted by Crippen LogP contribution is -2.48. The Balaban J connectivity index is 1.86. The van der Waals surface area contributed by atoms with Crippen LogP contribution in [0.2, 0.25) is 0 Å². The monoisotopic (exact) mass is 290 g/mol. The van der Waals surface area contributed by atoms with Crippen LogP contribution in [0, 0.1) is 0 Å². The van der Waals surface area contributed by atoms with E-state index in [1.807, 2.05) is 29.2 Å². The Morgan fingerprint density at radius 1 is 1.38 bits per heavy atom. The van der Waals surface area contributed by atoms with E-state index >= 15 is 0 Å². The van der Waals surface area contributed by atoms with E-state index in [2.05, 4.69) is 12.2 Å². The van der Waals surface area contributed by atoms with E-state index in [9.17, 15) is 4.79 Å². The van der Waals surface area contributed by atoms with Gasteiger partial charge in [0.25, 0.3) is 0 Å². The molecule has 1 fully saturated rings. The lowest BCUT2D eigenvalue weighted by molar-refractivity contribution is -0.133. The molecule has 21 heavy (non-hydrogen) atoms. The number of hydrogen-bond donors (Lipinski definition) is 1. The molecule has 0 radical (unpaired) electrons. The predicted molar refractivity (Wildman–Crippen MR) is 84.6 cm³/mol. The Kier molecular flexibility index (Phi) is 6.05. The van der Waals surface area contributed by atoms with Crippen LogP contribution in [-0.2, 0) is 11.2 Å². The smallest absolute Gasteiger partial charge is 0.223 e. The van der Waals surface area contributed by atoms with Gasteiger partial charge in [-0.2, -0.15) is 0 Å². The zero-order valence-electron chi connectivity index (χ0n) is 13.1. The quantitative estimate of drug-likeness (QED) is 0.873. The maximum absolute atomic E-state index is 12.4. The Bertz CT molecular complexity index is 439. The lowest BCUT2D eigenvalue weighted by Gasteiger charge is -2.34. The number of amides is 1. The highest BCUT2D eigenvalue weighted by atomic mass is 16.5. The van der Waals surface area contributed by atoms with Crippen LogP contribution in [0.5, 0.6) is 5.75 Å². The van der Waals surface area contributed by atoms with E-state index in [1.54, 1.807) is 7.11 Å². The second kappa shape index (κ2) is 8.03. The van der Waals surface area contributed by atoms with Crippen molar-refractivity contribution in [1.29, 1.82) is 0 Å². The van der Waals surface area contributed by atoms with Gasteiger partial charge in [-0.15, -0.1) is 0 Å². The summed E-state index contributed by atoms with van der Waals surface area (Å²) >= 11 is 0. The Hall–Kier alpha value is -1.55. The summed E-state index contributed by atoms with van der Waals surface area (Å²) in [5.41, 5.74) is 1.18. The third kappa shape index (κ3) is 4.46. The van der Waals surface area contributed by atoms with E-state index < -0.39 is 0 Å². The molecule has 1 amide bonds. The molecule has 1 atom stereocenters. The number of nitrogens with one attached hydrogen (secondary N) is 1. The fraction of sp³-hybridized carbons (Fsp3) is 0.588. The fourth-order valence-corrected chi connectivity index (χ4v) is 2.92. The number of rotatable bonds is 6. The van der Waals surface area contributed by atoms with E-state index in [0.29, 0.717) is 12.5 Å². The molecule has 1 heterocycles. The molecular formula is C17H26N2O2. The summed E-state index contributed by atoms with van der Waals surface area (Å²) in [6.07, 6.45) is 3.65. The molecule has 1 N–H and O–H groups in total. The van der Waals surface area contributed by atoms with Crippen molar-refractivity contribution >= 4 is 5.91 Å². The third-order valence-corrected chi connectivity index (χ3v) is 4.16. The summed E-state index contributed by atoms with van der Waals surface area (Å²) in [5.74, 6) is 1.12. The van der Waals surface area contributed by atoms with Gasteiger partial charge in [-0.05, 0) is 50.4 Å². The zero-order chi connectivity index (χ0) is 15.1. The first kappa shape index (κ1) is 15.8. The number of hydrogen-bond acceptors (Lipinski definition) is 3. The topological polar surface area (TPSA) is 41.6 Å². The van der Waals surface area contributed by atoms with E-state index in [4.69, 9.17) is 4.74 Å². The first-order chi connectivity index (χ1) is 10.2. The van der Waals surface area contributed by atoms with Crippen molar-refractivity contribution < 1.29 is 9.53 Å². The number of ether oxygens (including phenoxy) is 1. The molecule has 4 nitrogen and oxygen atoms in total. The molecule has 1 aromatic carbocycles. The minimum atomic E-state index is 0.266. The van der Waals surface area contributed by atoms with E-state index in [-0.39, 0.29) is 5.91 Å². The average Bonchev–Trinajstić information content (AvgIpc) is 2.55. The number of carbonyl (C=O) groups excluding carboxylic acids is 1. The van der Waals surface area contributed by atoms with Gasteiger partial charge in [-0.1, -0.05) is 12.1 Å². The average molecular weight is 290 g/mol. The minimum Gasteiger partial charge on any atom is -0.497 e. The van der Waals surface area contributed by atoms with Crippen molar-refractivity contribution in [2.75, 3.05) is 26.7 Å². The molecule has 1 unspecified atom stereocenters. The number of benzene rings is 1. The van der Waals surface area contributed by atoms with Gasteiger partial charge < -0.3 is 15.0 Å². The van der Waals surface area contributed by atoms with Gasteiger partial charge in [-0.25, -0.2) is 0 Å². The van der Waals surface area contributed by atoms with Gasteiger partial charge in [0.2, 0.25) is 5.91 Å². The second-order valence-corrected chi connectivity index (χ2v) is 5.53. The maximum atomic E-state index is 12.4. The van der Waals surface area contributed by atoms with Gasteiger partial charge in [0, 0.05) is 25.6 Å². The first-order valence-electron chi connectivity index (χ1n) is 7.87. The van der Waals surface area contributed by atoms with Crippen LogP contribution >= 0.6 is 0 Å². The molecule has 0 spiro atoms.